The Balaban J connectivity index is 2.03. The molecule has 0 radical (unpaired) electrons. The lowest BCUT2D eigenvalue weighted by Gasteiger charge is -2.10. The predicted octanol–water partition coefficient (Wildman–Crippen LogP) is 2.32. The SMILES string of the molecule is Cc1ccc2cc(C(N)c3cn(C)cn3)ccc2n1. The van der Waals surface area contributed by atoms with Gasteiger partial charge in [0.1, 0.15) is 0 Å². The summed E-state index contributed by atoms with van der Waals surface area (Å²) in [6.07, 6.45) is 3.71. The van der Waals surface area contributed by atoms with Gasteiger partial charge in [-0.1, -0.05) is 12.1 Å². The Morgan fingerprint density at radius 2 is 2.05 bits per heavy atom. The minimum absolute atomic E-state index is 0.202. The largest absolute Gasteiger partial charge is 0.340 e. The summed E-state index contributed by atoms with van der Waals surface area (Å²) in [5, 5.41) is 1.11. The summed E-state index contributed by atoms with van der Waals surface area (Å²) in [5.74, 6) is 0. The molecule has 3 aromatic rings. The fourth-order valence-corrected chi connectivity index (χ4v) is 2.20. The Labute approximate surface area is 111 Å². The molecule has 0 spiro atoms. The molecule has 19 heavy (non-hydrogen) atoms. The summed E-state index contributed by atoms with van der Waals surface area (Å²) in [7, 11) is 1.94. The molecule has 1 unspecified atom stereocenters. The molecule has 0 bridgehead atoms. The lowest BCUT2D eigenvalue weighted by atomic mass is 10.0. The first-order valence-corrected chi connectivity index (χ1v) is 6.24. The number of aryl methyl sites for hydroxylation is 2. The van der Waals surface area contributed by atoms with Gasteiger partial charge in [-0.3, -0.25) is 4.98 Å². The van der Waals surface area contributed by atoms with E-state index in [9.17, 15) is 0 Å². The van der Waals surface area contributed by atoms with Crippen molar-refractivity contribution in [1.29, 1.82) is 0 Å². The number of rotatable bonds is 2. The quantitative estimate of drug-likeness (QED) is 0.761. The molecular weight excluding hydrogens is 236 g/mol. The average molecular weight is 252 g/mol. The molecule has 0 fully saturated rings. The maximum Gasteiger partial charge on any atom is 0.0947 e. The van der Waals surface area contributed by atoms with Gasteiger partial charge in [-0.25, -0.2) is 4.98 Å². The van der Waals surface area contributed by atoms with Crippen LogP contribution in [0.25, 0.3) is 10.9 Å². The van der Waals surface area contributed by atoms with Crippen LogP contribution in [0.3, 0.4) is 0 Å². The van der Waals surface area contributed by atoms with Gasteiger partial charge in [-0.15, -0.1) is 0 Å². The molecule has 4 nitrogen and oxygen atoms in total. The van der Waals surface area contributed by atoms with E-state index in [1.807, 2.05) is 42.9 Å². The van der Waals surface area contributed by atoms with E-state index in [1.165, 1.54) is 0 Å². The molecule has 0 aliphatic heterocycles. The number of hydrogen-bond acceptors (Lipinski definition) is 3. The first kappa shape index (κ1) is 11.9. The Kier molecular flexibility index (Phi) is 2.80. The molecule has 96 valence electrons. The van der Waals surface area contributed by atoms with E-state index in [0.717, 1.165) is 27.9 Å². The van der Waals surface area contributed by atoms with E-state index in [1.54, 1.807) is 6.33 Å². The molecular formula is C15H16N4. The van der Waals surface area contributed by atoms with Crippen molar-refractivity contribution >= 4 is 10.9 Å². The second-order valence-corrected chi connectivity index (χ2v) is 4.85. The molecule has 2 heterocycles. The second-order valence-electron chi connectivity index (χ2n) is 4.85. The zero-order valence-corrected chi connectivity index (χ0v) is 11.0. The van der Waals surface area contributed by atoms with E-state index in [2.05, 4.69) is 22.1 Å². The molecule has 2 aromatic heterocycles. The number of imidazole rings is 1. The molecule has 1 aromatic carbocycles. The number of nitrogens with two attached hydrogens (primary N) is 1. The van der Waals surface area contributed by atoms with Crippen molar-refractivity contribution in [3.8, 4) is 0 Å². The highest BCUT2D eigenvalue weighted by molar-refractivity contribution is 5.79. The van der Waals surface area contributed by atoms with Crippen LogP contribution in [-0.4, -0.2) is 14.5 Å². The van der Waals surface area contributed by atoms with Crippen LogP contribution in [0.4, 0.5) is 0 Å². The second kappa shape index (κ2) is 4.48. The number of hydrogen-bond donors (Lipinski definition) is 1. The van der Waals surface area contributed by atoms with Crippen molar-refractivity contribution in [1.82, 2.24) is 14.5 Å². The van der Waals surface area contributed by atoms with Gasteiger partial charge in [-0.2, -0.15) is 0 Å². The van der Waals surface area contributed by atoms with Crippen LogP contribution in [0.1, 0.15) is 23.0 Å². The summed E-state index contributed by atoms with van der Waals surface area (Å²) in [5.41, 5.74) is 10.2. The highest BCUT2D eigenvalue weighted by Gasteiger charge is 2.12. The monoisotopic (exact) mass is 252 g/mol. The highest BCUT2D eigenvalue weighted by atomic mass is 15.0. The maximum atomic E-state index is 6.25. The van der Waals surface area contributed by atoms with Gasteiger partial charge in [0.25, 0.3) is 0 Å². The molecule has 0 saturated carbocycles. The fourth-order valence-electron chi connectivity index (χ4n) is 2.20. The van der Waals surface area contributed by atoms with Crippen LogP contribution < -0.4 is 5.73 Å². The van der Waals surface area contributed by atoms with Crippen molar-refractivity contribution < 1.29 is 0 Å². The Hall–Kier alpha value is -2.20. The number of fused-ring (bicyclic) bond motifs is 1. The van der Waals surface area contributed by atoms with Crippen molar-refractivity contribution in [2.45, 2.75) is 13.0 Å². The zero-order valence-electron chi connectivity index (χ0n) is 11.0. The molecule has 0 aliphatic carbocycles. The summed E-state index contributed by atoms with van der Waals surface area (Å²) in [6, 6.07) is 10.0. The van der Waals surface area contributed by atoms with Crippen LogP contribution in [0.15, 0.2) is 42.9 Å². The van der Waals surface area contributed by atoms with Crippen LogP contribution in [0.5, 0.6) is 0 Å². The van der Waals surface area contributed by atoms with Gasteiger partial charge in [0, 0.05) is 24.3 Å². The van der Waals surface area contributed by atoms with E-state index >= 15 is 0 Å². The standard InChI is InChI=1S/C15H16N4/c1-10-3-4-11-7-12(5-6-13(11)18-10)15(16)14-8-19(2)9-17-14/h3-9,15H,16H2,1-2H3. The topological polar surface area (TPSA) is 56.7 Å². The molecule has 2 N–H and O–H groups in total. The third-order valence-corrected chi connectivity index (χ3v) is 3.26. The van der Waals surface area contributed by atoms with Gasteiger partial charge in [0.05, 0.1) is 23.6 Å². The molecule has 4 heteroatoms. The first-order chi connectivity index (χ1) is 9.13. The van der Waals surface area contributed by atoms with Crippen LogP contribution >= 0.6 is 0 Å². The van der Waals surface area contributed by atoms with Gasteiger partial charge in [-0.05, 0) is 30.7 Å². The summed E-state index contributed by atoms with van der Waals surface area (Å²) < 4.78 is 1.90. The molecule has 3 rings (SSSR count). The number of nitrogens with zero attached hydrogens (tertiary/aromatic N) is 3. The molecule has 1 atom stereocenters. The third kappa shape index (κ3) is 2.22. The first-order valence-electron chi connectivity index (χ1n) is 6.24. The van der Waals surface area contributed by atoms with Crippen molar-refractivity contribution in [3.05, 3.63) is 59.8 Å². The highest BCUT2D eigenvalue weighted by Crippen LogP contribution is 2.22. The molecule has 0 amide bonds. The number of benzene rings is 1. The van der Waals surface area contributed by atoms with Crippen LogP contribution in [0.2, 0.25) is 0 Å². The van der Waals surface area contributed by atoms with E-state index in [-0.39, 0.29) is 6.04 Å². The van der Waals surface area contributed by atoms with Crippen LogP contribution in [-0.2, 0) is 7.05 Å². The number of aromatic nitrogens is 3. The van der Waals surface area contributed by atoms with Gasteiger partial charge in [0.15, 0.2) is 0 Å². The van der Waals surface area contributed by atoms with Crippen molar-refractivity contribution in [3.63, 3.8) is 0 Å². The smallest absolute Gasteiger partial charge is 0.0947 e. The van der Waals surface area contributed by atoms with Gasteiger partial charge in [0.2, 0.25) is 0 Å². The Bertz CT molecular complexity index is 730. The predicted molar refractivity (Wildman–Crippen MR) is 75.7 cm³/mol. The average Bonchev–Trinajstić information content (AvgIpc) is 2.84. The lowest BCUT2D eigenvalue weighted by Crippen LogP contribution is -2.12. The van der Waals surface area contributed by atoms with Crippen molar-refractivity contribution in [2.75, 3.05) is 0 Å². The van der Waals surface area contributed by atoms with E-state index in [4.69, 9.17) is 5.73 Å². The minimum Gasteiger partial charge on any atom is -0.340 e. The normalized spacial score (nSPS) is 12.8. The lowest BCUT2D eigenvalue weighted by molar-refractivity contribution is 0.836. The zero-order chi connectivity index (χ0) is 13.4. The van der Waals surface area contributed by atoms with Gasteiger partial charge < -0.3 is 10.3 Å². The summed E-state index contributed by atoms with van der Waals surface area (Å²) in [6.45, 7) is 1.99. The molecule has 0 aliphatic rings. The summed E-state index contributed by atoms with van der Waals surface area (Å²) in [4.78, 5) is 8.80. The number of pyridine rings is 1. The molecule has 0 saturated heterocycles. The maximum absolute atomic E-state index is 6.25. The van der Waals surface area contributed by atoms with E-state index in [0.29, 0.717) is 0 Å². The Morgan fingerprint density at radius 1 is 1.21 bits per heavy atom. The third-order valence-electron chi connectivity index (χ3n) is 3.26. The van der Waals surface area contributed by atoms with Crippen molar-refractivity contribution in [2.24, 2.45) is 12.8 Å². The minimum atomic E-state index is -0.202. The Morgan fingerprint density at radius 3 is 2.79 bits per heavy atom. The summed E-state index contributed by atoms with van der Waals surface area (Å²) >= 11 is 0. The fraction of sp³-hybridized carbons (Fsp3) is 0.200. The van der Waals surface area contributed by atoms with Crippen LogP contribution in [0, 0.1) is 6.92 Å². The van der Waals surface area contributed by atoms with E-state index < -0.39 is 0 Å². The van der Waals surface area contributed by atoms with Gasteiger partial charge >= 0.3 is 0 Å².